The lowest BCUT2D eigenvalue weighted by Gasteiger charge is -2.23. The van der Waals surface area contributed by atoms with Gasteiger partial charge < -0.3 is 19.9 Å². The maximum Gasteiger partial charge on any atom is 0.124 e. The van der Waals surface area contributed by atoms with Crippen LogP contribution in [0.5, 0.6) is 5.75 Å². The van der Waals surface area contributed by atoms with Gasteiger partial charge in [0.1, 0.15) is 12.4 Å². The first-order chi connectivity index (χ1) is 10.1. The smallest absolute Gasteiger partial charge is 0.124 e. The number of hydrogen-bond donors (Lipinski definition) is 2. The van der Waals surface area contributed by atoms with E-state index >= 15 is 0 Å². The predicted octanol–water partition coefficient (Wildman–Crippen LogP) is 2.76. The Kier molecular flexibility index (Phi) is 6.30. The Morgan fingerprint density at radius 3 is 2.81 bits per heavy atom. The second-order valence-corrected chi connectivity index (χ2v) is 6.08. The molecule has 4 nitrogen and oxygen atoms in total. The van der Waals surface area contributed by atoms with Crippen molar-refractivity contribution in [3.8, 4) is 5.75 Å². The van der Waals surface area contributed by atoms with Crippen molar-refractivity contribution in [2.45, 2.75) is 37.8 Å². The fourth-order valence-electron chi connectivity index (χ4n) is 2.61. The van der Waals surface area contributed by atoms with Crippen molar-refractivity contribution >= 4 is 11.6 Å². The molecule has 1 aromatic carbocycles. The molecule has 1 fully saturated rings. The lowest BCUT2D eigenvalue weighted by Crippen LogP contribution is -2.32. The molecule has 1 aliphatic carbocycles. The van der Waals surface area contributed by atoms with E-state index in [0.717, 1.165) is 43.5 Å². The Bertz CT molecular complexity index is 447. The van der Waals surface area contributed by atoms with Crippen molar-refractivity contribution in [3.05, 3.63) is 28.8 Å². The van der Waals surface area contributed by atoms with Gasteiger partial charge in [-0.25, -0.2) is 0 Å². The van der Waals surface area contributed by atoms with Crippen LogP contribution in [0.2, 0.25) is 5.02 Å². The fourth-order valence-corrected chi connectivity index (χ4v) is 2.81. The van der Waals surface area contributed by atoms with Crippen molar-refractivity contribution in [2.24, 2.45) is 0 Å². The Hall–Kier alpha value is -0.810. The van der Waals surface area contributed by atoms with Gasteiger partial charge in [-0.05, 0) is 31.0 Å². The van der Waals surface area contributed by atoms with Gasteiger partial charge in [0.05, 0.1) is 12.2 Å². The van der Waals surface area contributed by atoms with E-state index in [9.17, 15) is 5.11 Å². The van der Waals surface area contributed by atoms with Crippen molar-refractivity contribution in [1.82, 2.24) is 5.32 Å². The third kappa shape index (κ3) is 5.15. The third-order valence-corrected chi connectivity index (χ3v) is 4.09. The summed E-state index contributed by atoms with van der Waals surface area (Å²) >= 11 is 6.05. The number of ether oxygens (including phenoxy) is 2. The molecule has 0 spiro atoms. The number of nitrogens with one attached hydrogen (secondary N) is 1. The molecule has 21 heavy (non-hydrogen) atoms. The summed E-state index contributed by atoms with van der Waals surface area (Å²) < 4.78 is 10.9. The van der Waals surface area contributed by atoms with Crippen LogP contribution in [0.4, 0.5) is 0 Å². The lowest BCUT2D eigenvalue weighted by atomic mass is 10.0. The van der Waals surface area contributed by atoms with Crippen LogP contribution >= 0.6 is 11.6 Å². The van der Waals surface area contributed by atoms with Gasteiger partial charge in [-0.1, -0.05) is 24.4 Å². The van der Waals surface area contributed by atoms with E-state index in [0.29, 0.717) is 24.8 Å². The number of aliphatic hydroxyl groups is 1. The maximum atomic E-state index is 10.4. The molecule has 0 aromatic heterocycles. The molecule has 2 N–H and O–H groups in total. The van der Waals surface area contributed by atoms with E-state index in [1.165, 1.54) is 0 Å². The third-order valence-electron chi connectivity index (χ3n) is 3.85. The van der Waals surface area contributed by atoms with Crippen molar-refractivity contribution < 1.29 is 14.6 Å². The Morgan fingerprint density at radius 1 is 1.33 bits per heavy atom. The molecule has 0 aliphatic heterocycles. The Morgan fingerprint density at radius 2 is 2.10 bits per heavy atom. The van der Waals surface area contributed by atoms with Crippen molar-refractivity contribution in [1.29, 1.82) is 0 Å². The molecule has 0 bridgehead atoms. The van der Waals surface area contributed by atoms with Gasteiger partial charge in [-0.2, -0.15) is 0 Å². The minimum Gasteiger partial charge on any atom is -0.490 e. The first kappa shape index (κ1) is 16.6. The summed E-state index contributed by atoms with van der Waals surface area (Å²) in [6.45, 7) is 2.44. The van der Waals surface area contributed by atoms with Gasteiger partial charge in [0.15, 0.2) is 0 Å². The topological polar surface area (TPSA) is 50.7 Å². The molecule has 0 saturated heterocycles. The average molecular weight is 314 g/mol. The highest BCUT2D eigenvalue weighted by atomic mass is 35.5. The van der Waals surface area contributed by atoms with Gasteiger partial charge in [0, 0.05) is 30.8 Å². The molecular weight excluding hydrogens is 290 g/mol. The number of rotatable bonds is 8. The lowest BCUT2D eigenvalue weighted by molar-refractivity contribution is 0.00111. The Balaban J connectivity index is 1.94. The molecule has 2 rings (SSSR count). The van der Waals surface area contributed by atoms with E-state index in [2.05, 4.69) is 5.32 Å². The molecule has 1 aromatic rings. The second-order valence-electron chi connectivity index (χ2n) is 5.64. The van der Waals surface area contributed by atoms with E-state index in [1.54, 1.807) is 7.11 Å². The fraction of sp³-hybridized carbons (Fsp3) is 0.625. The van der Waals surface area contributed by atoms with Gasteiger partial charge in [-0.15, -0.1) is 0 Å². The van der Waals surface area contributed by atoms with Crippen molar-refractivity contribution in [2.75, 3.05) is 26.9 Å². The number of hydrogen-bond acceptors (Lipinski definition) is 4. The Labute approximate surface area is 131 Å². The van der Waals surface area contributed by atoms with Crippen molar-refractivity contribution in [3.63, 3.8) is 0 Å². The highest BCUT2D eigenvalue weighted by Gasteiger charge is 2.32. The number of halogens is 1. The highest BCUT2D eigenvalue weighted by molar-refractivity contribution is 6.30. The molecule has 5 heteroatoms. The van der Waals surface area contributed by atoms with Crippen LogP contribution in [-0.4, -0.2) is 37.6 Å². The van der Waals surface area contributed by atoms with Crippen LogP contribution in [0.25, 0.3) is 0 Å². The first-order valence-electron chi connectivity index (χ1n) is 7.46. The summed E-state index contributed by atoms with van der Waals surface area (Å²) in [6, 6.07) is 5.58. The SMILES string of the molecule is COCCNCc1cc(Cl)ccc1OCC1(O)CCCC1. The highest BCUT2D eigenvalue weighted by Crippen LogP contribution is 2.31. The summed E-state index contributed by atoms with van der Waals surface area (Å²) in [5.41, 5.74) is 0.334. The normalized spacial score (nSPS) is 17.1. The van der Waals surface area contributed by atoms with Crippen LogP contribution in [0.1, 0.15) is 31.2 Å². The quantitative estimate of drug-likeness (QED) is 0.725. The second kappa shape index (κ2) is 7.99. The zero-order valence-corrected chi connectivity index (χ0v) is 13.3. The van der Waals surface area contributed by atoms with Crippen LogP contribution in [0.15, 0.2) is 18.2 Å². The van der Waals surface area contributed by atoms with Crippen LogP contribution in [0.3, 0.4) is 0 Å². The van der Waals surface area contributed by atoms with E-state index < -0.39 is 5.60 Å². The molecule has 0 amide bonds. The molecule has 0 heterocycles. The average Bonchev–Trinajstić information content (AvgIpc) is 2.90. The van der Waals surface area contributed by atoms with Crippen LogP contribution < -0.4 is 10.1 Å². The van der Waals surface area contributed by atoms with Gasteiger partial charge in [0.25, 0.3) is 0 Å². The number of methoxy groups -OCH3 is 1. The number of benzene rings is 1. The molecule has 118 valence electrons. The van der Waals surface area contributed by atoms with Gasteiger partial charge in [0.2, 0.25) is 0 Å². The summed E-state index contributed by atoms with van der Waals surface area (Å²) in [5.74, 6) is 0.782. The van der Waals surface area contributed by atoms with E-state index in [-0.39, 0.29) is 0 Å². The minimum atomic E-state index is -0.666. The van der Waals surface area contributed by atoms with E-state index in [1.807, 2.05) is 18.2 Å². The minimum absolute atomic E-state index is 0.347. The standard InChI is InChI=1S/C16H24ClNO3/c1-20-9-8-18-11-13-10-14(17)4-5-15(13)21-12-16(19)6-2-3-7-16/h4-5,10,18-19H,2-3,6-9,11-12H2,1H3. The maximum absolute atomic E-state index is 10.4. The molecule has 0 atom stereocenters. The zero-order chi connectivity index (χ0) is 15.1. The van der Waals surface area contributed by atoms with E-state index in [4.69, 9.17) is 21.1 Å². The van der Waals surface area contributed by atoms with Crippen LogP contribution in [0, 0.1) is 0 Å². The summed E-state index contributed by atoms with van der Waals surface area (Å²) in [5, 5.41) is 14.3. The van der Waals surface area contributed by atoms with Crippen LogP contribution in [-0.2, 0) is 11.3 Å². The monoisotopic (exact) mass is 313 g/mol. The molecule has 0 radical (unpaired) electrons. The van der Waals surface area contributed by atoms with Gasteiger partial charge >= 0.3 is 0 Å². The zero-order valence-electron chi connectivity index (χ0n) is 12.5. The molecule has 1 aliphatic rings. The molecular formula is C16H24ClNO3. The van der Waals surface area contributed by atoms with Gasteiger partial charge in [-0.3, -0.25) is 0 Å². The predicted molar refractivity (Wildman–Crippen MR) is 83.9 cm³/mol. The molecule has 0 unspecified atom stereocenters. The summed E-state index contributed by atoms with van der Waals surface area (Å²) in [6.07, 6.45) is 3.79. The largest absolute Gasteiger partial charge is 0.490 e. The molecule has 1 saturated carbocycles. The first-order valence-corrected chi connectivity index (χ1v) is 7.84. The summed E-state index contributed by atoms with van der Waals surface area (Å²) in [7, 11) is 1.68. The summed E-state index contributed by atoms with van der Waals surface area (Å²) in [4.78, 5) is 0.